The molecule has 0 unspecified atom stereocenters. The van der Waals surface area contributed by atoms with Crippen LogP contribution in [0.3, 0.4) is 0 Å². The van der Waals surface area contributed by atoms with Crippen molar-refractivity contribution in [2.45, 2.75) is 18.3 Å². The number of carbonyl (C=O) groups excluding carboxylic acids is 1. The Morgan fingerprint density at radius 3 is 2.79 bits per heavy atom. The SMILES string of the molecule is CNc1ncc(-c2cccn3nc(Br)nc23)c2cc(C3(C(N)=O)CC3)ncc12. The third-order valence-corrected chi connectivity index (χ3v) is 5.68. The van der Waals surface area contributed by atoms with Gasteiger partial charge in [-0.05, 0) is 52.4 Å². The molecule has 0 aromatic carbocycles. The Morgan fingerprint density at radius 1 is 1.25 bits per heavy atom. The Labute approximate surface area is 168 Å². The van der Waals surface area contributed by atoms with Gasteiger partial charge in [-0.2, -0.15) is 0 Å². The van der Waals surface area contributed by atoms with Gasteiger partial charge in [-0.1, -0.05) is 0 Å². The van der Waals surface area contributed by atoms with Gasteiger partial charge in [-0.15, -0.1) is 5.10 Å². The molecule has 1 fully saturated rings. The van der Waals surface area contributed by atoms with Crippen molar-refractivity contribution in [3.63, 3.8) is 0 Å². The summed E-state index contributed by atoms with van der Waals surface area (Å²) in [5, 5.41) is 9.22. The molecule has 0 aliphatic heterocycles. The van der Waals surface area contributed by atoms with Gasteiger partial charge in [0.15, 0.2) is 5.65 Å². The van der Waals surface area contributed by atoms with E-state index in [1.165, 1.54) is 0 Å². The fourth-order valence-electron chi connectivity index (χ4n) is 3.65. The highest BCUT2D eigenvalue weighted by molar-refractivity contribution is 9.10. The highest BCUT2D eigenvalue weighted by atomic mass is 79.9. The maximum absolute atomic E-state index is 12.0. The summed E-state index contributed by atoms with van der Waals surface area (Å²) >= 11 is 3.34. The van der Waals surface area contributed by atoms with Crippen molar-refractivity contribution in [1.29, 1.82) is 0 Å². The topological polar surface area (TPSA) is 111 Å². The maximum atomic E-state index is 12.0. The number of nitrogens with two attached hydrogens (primary N) is 1. The Morgan fingerprint density at radius 2 is 2.07 bits per heavy atom. The van der Waals surface area contributed by atoms with Gasteiger partial charge in [0.1, 0.15) is 5.82 Å². The molecular formula is C19H16BrN7O. The molecule has 28 heavy (non-hydrogen) atoms. The summed E-state index contributed by atoms with van der Waals surface area (Å²) in [7, 11) is 1.82. The van der Waals surface area contributed by atoms with Crippen molar-refractivity contribution < 1.29 is 4.79 Å². The molecule has 1 aliphatic carbocycles. The zero-order valence-corrected chi connectivity index (χ0v) is 16.6. The molecule has 5 rings (SSSR count). The lowest BCUT2D eigenvalue weighted by Gasteiger charge is -2.15. The van der Waals surface area contributed by atoms with Crippen LogP contribution in [0.15, 0.2) is 41.5 Å². The van der Waals surface area contributed by atoms with E-state index in [2.05, 4.69) is 41.3 Å². The number of hydrogen-bond donors (Lipinski definition) is 2. The van der Waals surface area contributed by atoms with E-state index in [-0.39, 0.29) is 5.91 Å². The molecule has 0 atom stereocenters. The monoisotopic (exact) mass is 437 g/mol. The largest absolute Gasteiger partial charge is 0.373 e. The van der Waals surface area contributed by atoms with Crippen LogP contribution in [-0.4, -0.2) is 37.5 Å². The van der Waals surface area contributed by atoms with Crippen molar-refractivity contribution in [1.82, 2.24) is 24.6 Å². The van der Waals surface area contributed by atoms with Crippen LogP contribution in [-0.2, 0) is 10.2 Å². The van der Waals surface area contributed by atoms with Gasteiger partial charge >= 0.3 is 0 Å². The molecule has 9 heteroatoms. The number of carbonyl (C=O) groups is 1. The number of aromatic nitrogens is 5. The van der Waals surface area contributed by atoms with Crippen molar-refractivity contribution in [2.75, 3.05) is 12.4 Å². The van der Waals surface area contributed by atoms with Crippen LogP contribution in [0.1, 0.15) is 18.5 Å². The molecule has 3 N–H and O–H groups in total. The van der Waals surface area contributed by atoms with Crippen LogP contribution in [0.2, 0.25) is 0 Å². The van der Waals surface area contributed by atoms with Gasteiger partial charge < -0.3 is 11.1 Å². The van der Waals surface area contributed by atoms with Crippen molar-refractivity contribution in [3.8, 4) is 11.1 Å². The van der Waals surface area contributed by atoms with E-state index in [0.717, 1.165) is 40.6 Å². The van der Waals surface area contributed by atoms with Crippen LogP contribution in [0.5, 0.6) is 0 Å². The zero-order chi connectivity index (χ0) is 19.5. The molecular weight excluding hydrogens is 422 g/mol. The lowest BCUT2D eigenvalue weighted by atomic mass is 9.96. The van der Waals surface area contributed by atoms with Crippen LogP contribution in [0, 0.1) is 0 Å². The molecule has 4 aromatic rings. The normalized spacial score (nSPS) is 15.1. The molecule has 0 saturated heterocycles. The average molecular weight is 438 g/mol. The van der Waals surface area contributed by atoms with Crippen molar-refractivity contribution >= 4 is 44.1 Å². The summed E-state index contributed by atoms with van der Waals surface area (Å²) in [6, 6.07) is 5.85. The minimum absolute atomic E-state index is 0.327. The predicted octanol–water partition coefficient (Wildman–Crippen LogP) is 2.66. The minimum atomic E-state index is -0.654. The van der Waals surface area contributed by atoms with Crippen LogP contribution in [0.4, 0.5) is 5.82 Å². The molecule has 4 heterocycles. The van der Waals surface area contributed by atoms with Gasteiger partial charge in [-0.25, -0.2) is 14.5 Å². The second kappa shape index (κ2) is 5.96. The fourth-order valence-corrected chi connectivity index (χ4v) is 3.99. The Bertz CT molecular complexity index is 1260. The second-order valence-electron chi connectivity index (χ2n) is 6.90. The Balaban J connectivity index is 1.82. The van der Waals surface area contributed by atoms with E-state index in [0.29, 0.717) is 16.1 Å². The van der Waals surface area contributed by atoms with Crippen molar-refractivity contribution in [2.24, 2.45) is 5.73 Å². The molecule has 0 radical (unpaired) electrons. The van der Waals surface area contributed by atoms with E-state index < -0.39 is 5.41 Å². The number of primary amides is 1. The third kappa shape index (κ3) is 2.39. The summed E-state index contributed by atoms with van der Waals surface area (Å²) in [5.74, 6) is 0.392. The van der Waals surface area contributed by atoms with E-state index in [9.17, 15) is 4.79 Å². The summed E-state index contributed by atoms with van der Waals surface area (Å²) in [6.07, 6.45) is 6.86. The number of nitrogens with one attached hydrogen (secondary N) is 1. The number of anilines is 1. The molecule has 1 amide bonds. The number of hydrogen-bond acceptors (Lipinski definition) is 6. The highest BCUT2D eigenvalue weighted by Crippen LogP contribution is 2.48. The standard InChI is InChI=1S/C19H16BrN7O/c1-22-15-13-9-23-14(19(4-5-19)17(21)28)7-11(13)12(8-24-15)10-3-2-6-27-16(10)25-18(20)26-27/h2-3,6-9H,4-5H2,1H3,(H2,21,28)(H,22,24). The first kappa shape index (κ1) is 17.1. The Kier molecular flexibility index (Phi) is 3.63. The van der Waals surface area contributed by atoms with Crippen LogP contribution in [0.25, 0.3) is 27.5 Å². The second-order valence-corrected chi connectivity index (χ2v) is 7.61. The minimum Gasteiger partial charge on any atom is -0.373 e. The highest BCUT2D eigenvalue weighted by Gasteiger charge is 2.51. The molecule has 0 spiro atoms. The van der Waals surface area contributed by atoms with Gasteiger partial charge in [-0.3, -0.25) is 9.78 Å². The summed E-state index contributed by atoms with van der Waals surface area (Å²) < 4.78 is 2.22. The quantitative estimate of drug-likeness (QED) is 0.507. The molecule has 4 aromatic heterocycles. The first-order valence-electron chi connectivity index (χ1n) is 8.82. The third-order valence-electron chi connectivity index (χ3n) is 5.35. The van der Waals surface area contributed by atoms with Crippen LogP contribution >= 0.6 is 15.9 Å². The predicted molar refractivity (Wildman–Crippen MR) is 109 cm³/mol. The lowest BCUT2D eigenvalue weighted by Crippen LogP contribution is -2.29. The van der Waals surface area contributed by atoms with Gasteiger partial charge in [0.2, 0.25) is 10.6 Å². The zero-order valence-electron chi connectivity index (χ0n) is 15.0. The van der Waals surface area contributed by atoms with E-state index in [1.54, 1.807) is 16.9 Å². The number of amides is 1. The fraction of sp³-hybridized carbons (Fsp3) is 0.211. The van der Waals surface area contributed by atoms with Gasteiger partial charge in [0.05, 0.1) is 11.1 Å². The summed E-state index contributed by atoms with van der Waals surface area (Å²) in [4.78, 5) is 25.6. The molecule has 140 valence electrons. The van der Waals surface area contributed by atoms with Gasteiger partial charge in [0, 0.05) is 42.2 Å². The number of pyridine rings is 3. The average Bonchev–Trinajstić information content (AvgIpc) is 3.42. The smallest absolute Gasteiger partial charge is 0.229 e. The number of nitrogens with zero attached hydrogens (tertiary/aromatic N) is 5. The number of halogens is 1. The van der Waals surface area contributed by atoms with E-state index in [1.807, 2.05) is 31.4 Å². The lowest BCUT2D eigenvalue weighted by molar-refractivity contribution is -0.120. The number of fused-ring (bicyclic) bond motifs is 2. The van der Waals surface area contributed by atoms with Crippen molar-refractivity contribution in [3.05, 3.63) is 47.2 Å². The first-order valence-corrected chi connectivity index (χ1v) is 9.61. The molecule has 1 saturated carbocycles. The van der Waals surface area contributed by atoms with E-state index in [4.69, 9.17) is 5.73 Å². The summed E-state index contributed by atoms with van der Waals surface area (Å²) in [5.41, 5.74) is 8.21. The van der Waals surface area contributed by atoms with Gasteiger partial charge in [0.25, 0.3) is 0 Å². The maximum Gasteiger partial charge on any atom is 0.229 e. The van der Waals surface area contributed by atoms with E-state index >= 15 is 0 Å². The van der Waals surface area contributed by atoms with Crippen LogP contribution < -0.4 is 11.1 Å². The molecule has 1 aliphatic rings. The first-order chi connectivity index (χ1) is 13.5. The molecule has 8 nitrogen and oxygen atoms in total. The number of rotatable bonds is 4. The summed E-state index contributed by atoms with van der Waals surface area (Å²) in [6.45, 7) is 0. The molecule has 0 bridgehead atoms. The Hall–Kier alpha value is -3.07.